The van der Waals surface area contributed by atoms with Crippen LogP contribution in [0.2, 0.25) is 0 Å². The van der Waals surface area contributed by atoms with Crippen molar-refractivity contribution in [1.82, 2.24) is 4.90 Å². The zero-order valence-corrected chi connectivity index (χ0v) is 12.9. The summed E-state index contributed by atoms with van der Waals surface area (Å²) in [7, 11) is 3.94. The largest absolute Gasteiger partial charge is 0.497 e. The molecule has 2 rings (SSSR count). The van der Waals surface area contributed by atoms with Crippen molar-refractivity contribution in [3.8, 4) is 5.75 Å². The summed E-state index contributed by atoms with van der Waals surface area (Å²) in [6, 6.07) is 8.34. The van der Waals surface area contributed by atoms with Crippen LogP contribution >= 0.6 is 0 Å². The number of ether oxygens (including phenoxy) is 1. The quantitative estimate of drug-likeness (QED) is 0.839. The normalized spacial score (nSPS) is 18.8. The van der Waals surface area contributed by atoms with Gasteiger partial charge in [0.25, 0.3) is 0 Å². The van der Waals surface area contributed by atoms with Crippen molar-refractivity contribution >= 4 is 0 Å². The molecule has 2 N–H and O–H groups in total. The summed E-state index contributed by atoms with van der Waals surface area (Å²) in [6.45, 7) is 1.70. The van der Waals surface area contributed by atoms with E-state index in [2.05, 4.69) is 30.1 Å². The second-order valence-electron chi connectivity index (χ2n) is 6.05. The van der Waals surface area contributed by atoms with E-state index in [1.54, 1.807) is 7.11 Å². The minimum absolute atomic E-state index is 0.180. The van der Waals surface area contributed by atoms with Crippen molar-refractivity contribution in [3.63, 3.8) is 0 Å². The Balaban J connectivity index is 2.09. The van der Waals surface area contributed by atoms with E-state index in [0.29, 0.717) is 0 Å². The second-order valence-corrected chi connectivity index (χ2v) is 6.05. The Labute approximate surface area is 123 Å². The van der Waals surface area contributed by atoms with Crippen LogP contribution in [0.3, 0.4) is 0 Å². The van der Waals surface area contributed by atoms with Crippen LogP contribution in [-0.2, 0) is 6.54 Å². The van der Waals surface area contributed by atoms with Gasteiger partial charge < -0.3 is 10.5 Å². The molecule has 0 heterocycles. The summed E-state index contributed by atoms with van der Waals surface area (Å²) in [4.78, 5) is 2.47. The smallest absolute Gasteiger partial charge is 0.119 e. The number of benzene rings is 1. The number of nitrogens with zero attached hydrogens (tertiary/aromatic N) is 1. The van der Waals surface area contributed by atoms with Gasteiger partial charge >= 0.3 is 0 Å². The fourth-order valence-electron chi connectivity index (χ4n) is 3.34. The molecule has 0 unspecified atom stereocenters. The molecule has 3 heteroatoms. The van der Waals surface area contributed by atoms with Crippen LogP contribution in [0.1, 0.15) is 44.1 Å². The highest BCUT2D eigenvalue weighted by atomic mass is 16.5. The van der Waals surface area contributed by atoms with Crippen molar-refractivity contribution < 1.29 is 4.74 Å². The Kier molecular flexibility index (Phi) is 5.44. The highest BCUT2D eigenvalue weighted by Gasteiger charge is 2.33. The van der Waals surface area contributed by atoms with Gasteiger partial charge in [-0.05, 0) is 37.6 Å². The molecular weight excluding hydrogens is 248 g/mol. The third kappa shape index (κ3) is 3.53. The second kappa shape index (κ2) is 7.09. The van der Waals surface area contributed by atoms with Gasteiger partial charge in [0, 0.05) is 18.6 Å². The minimum Gasteiger partial charge on any atom is -0.497 e. The summed E-state index contributed by atoms with van der Waals surface area (Å²) in [5.74, 6) is 0.929. The van der Waals surface area contributed by atoms with Crippen LogP contribution < -0.4 is 10.5 Å². The topological polar surface area (TPSA) is 38.5 Å². The SMILES string of the molecule is COc1cccc(CN(C)C2(CN)CCCCCC2)c1. The van der Waals surface area contributed by atoms with Gasteiger partial charge in [0.2, 0.25) is 0 Å². The van der Waals surface area contributed by atoms with Crippen LogP contribution in [0.25, 0.3) is 0 Å². The molecule has 0 aromatic heterocycles. The number of rotatable bonds is 5. The van der Waals surface area contributed by atoms with Crippen molar-refractivity contribution in [1.29, 1.82) is 0 Å². The van der Waals surface area contributed by atoms with E-state index in [1.807, 2.05) is 6.07 Å². The monoisotopic (exact) mass is 276 g/mol. The lowest BCUT2D eigenvalue weighted by Crippen LogP contribution is -2.51. The molecule has 0 radical (unpaired) electrons. The Morgan fingerprint density at radius 3 is 2.50 bits per heavy atom. The molecule has 3 nitrogen and oxygen atoms in total. The van der Waals surface area contributed by atoms with Gasteiger partial charge in [-0.25, -0.2) is 0 Å². The number of methoxy groups -OCH3 is 1. The Morgan fingerprint density at radius 1 is 1.20 bits per heavy atom. The fraction of sp³-hybridized carbons (Fsp3) is 0.647. The van der Waals surface area contributed by atoms with Crippen molar-refractivity contribution in [2.24, 2.45) is 5.73 Å². The van der Waals surface area contributed by atoms with Gasteiger partial charge in [0.05, 0.1) is 7.11 Å². The van der Waals surface area contributed by atoms with E-state index in [-0.39, 0.29) is 5.54 Å². The number of hydrogen-bond donors (Lipinski definition) is 1. The average Bonchev–Trinajstić information content (AvgIpc) is 2.74. The first-order chi connectivity index (χ1) is 9.70. The van der Waals surface area contributed by atoms with Crippen LogP contribution in [0.4, 0.5) is 0 Å². The molecule has 0 saturated heterocycles. The van der Waals surface area contributed by atoms with Crippen LogP contribution in [-0.4, -0.2) is 31.1 Å². The maximum absolute atomic E-state index is 6.15. The van der Waals surface area contributed by atoms with Crippen molar-refractivity contribution in [3.05, 3.63) is 29.8 Å². The first-order valence-corrected chi connectivity index (χ1v) is 7.74. The summed E-state index contributed by atoms with van der Waals surface area (Å²) < 4.78 is 5.31. The Morgan fingerprint density at radius 2 is 1.90 bits per heavy atom. The van der Waals surface area contributed by atoms with Gasteiger partial charge in [-0.3, -0.25) is 4.90 Å². The molecule has 0 amide bonds. The molecule has 1 saturated carbocycles. The van der Waals surface area contributed by atoms with Gasteiger partial charge in [-0.1, -0.05) is 37.8 Å². The zero-order chi connectivity index (χ0) is 14.4. The highest BCUT2D eigenvalue weighted by molar-refractivity contribution is 5.28. The summed E-state index contributed by atoms with van der Waals surface area (Å²) in [5, 5.41) is 0. The molecule has 1 aromatic rings. The molecule has 1 aliphatic carbocycles. The molecule has 1 aliphatic rings. The molecule has 0 atom stereocenters. The maximum atomic E-state index is 6.15. The van der Waals surface area contributed by atoms with Crippen LogP contribution in [0.5, 0.6) is 5.75 Å². The van der Waals surface area contributed by atoms with Gasteiger partial charge in [-0.15, -0.1) is 0 Å². The standard InChI is InChI=1S/C17H28N2O/c1-19(13-15-8-7-9-16(12-15)20-2)17(14-18)10-5-3-4-6-11-17/h7-9,12H,3-6,10-11,13-14,18H2,1-2H3. The van der Waals surface area contributed by atoms with Crippen molar-refractivity contribution in [2.75, 3.05) is 20.7 Å². The van der Waals surface area contributed by atoms with Gasteiger partial charge in [0.15, 0.2) is 0 Å². The van der Waals surface area contributed by atoms with Crippen LogP contribution in [0, 0.1) is 0 Å². The summed E-state index contributed by atoms with van der Waals surface area (Å²) in [5.41, 5.74) is 7.63. The number of hydrogen-bond acceptors (Lipinski definition) is 3. The summed E-state index contributed by atoms with van der Waals surface area (Å²) in [6.07, 6.45) is 7.77. The first-order valence-electron chi connectivity index (χ1n) is 7.74. The predicted octanol–water partition coefficient (Wildman–Crippen LogP) is 3.18. The molecule has 112 valence electrons. The molecule has 0 aliphatic heterocycles. The third-order valence-corrected chi connectivity index (χ3v) is 4.78. The lowest BCUT2D eigenvalue weighted by atomic mass is 9.88. The van der Waals surface area contributed by atoms with E-state index in [9.17, 15) is 0 Å². The lowest BCUT2D eigenvalue weighted by Gasteiger charge is -2.41. The molecule has 20 heavy (non-hydrogen) atoms. The fourth-order valence-corrected chi connectivity index (χ4v) is 3.34. The van der Waals surface area contributed by atoms with E-state index in [4.69, 9.17) is 10.5 Å². The maximum Gasteiger partial charge on any atom is 0.119 e. The third-order valence-electron chi connectivity index (χ3n) is 4.78. The van der Waals surface area contributed by atoms with E-state index < -0.39 is 0 Å². The zero-order valence-electron chi connectivity index (χ0n) is 12.9. The van der Waals surface area contributed by atoms with Gasteiger partial charge in [-0.2, -0.15) is 0 Å². The van der Waals surface area contributed by atoms with E-state index in [0.717, 1.165) is 18.8 Å². The minimum atomic E-state index is 0.180. The number of nitrogens with two attached hydrogens (primary N) is 1. The lowest BCUT2D eigenvalue weighted by molar-refractivity contribution is 0.0996. The predicted molar refractivity (Wildman–Crippen MR) is 83.9 cm³/mol. The molecule has 0 bridgehead atoms. The Hall–Kier alpha value is -1.06. The first kappa shape index (κ1) is 15.3. The van der Waals surface area contributed by atoms with E-state index >= 15 is 0 Å². The summed E-state index contributed by atoms with van der Waals surface area (Å²) >= 11 is 0. The van der Waals surface area contributed by atoms with Crippen LogP contribution in [0.15, 0.2) is 24.3 Å². The van der Waals surface area contributed by atoms with Gasteiger partial charge in [0.1, 0.15) is 5.75 Å². The highest BCUT2D eigenvalue weighted by Crippen LogP contribution is 2.32. The molecule has 1 fully saturated rings. The number of likely N-dealkylation sites (N-methyl/N-ethyl adjacent to an activating group) is 1. The molecular formula is C17H28N2O. The average molecular weight is 276 g/mol. The van der Waals surface area contributed by atoms with E-state index in [1.165, 1.54) is 44.1 Å². The molecule has 1 aromatic carbocycles. The Bertz CT molecular complexity index is 411. The van der Waals surface area contributed by atoms with Crippen molar-refractivity contribution in [2.45, 2.75) is 50.6 Å². The molecule has 0 spiro atoms.